The van der Waals surface area contributed by atoms with Crippen LogP contribution in [0.25, 0.3) is 0 Å². The quantitative estimate of drug-likeness (QED) is 0.894. The molecule has 0 radical (unpaired) electrons. The number of amides is 2. The highest BCUT2D eigenvalue weighted by Crippen LogP contribution is 2.42. The summed E-state index contributed by atoms with van der Waals surface area (Å²) in [5, 5.41) is 5.94. The Morgan fingerprint density at radius 1 is 1.24 bits per heavy atom. The van der Waals surface area contributed by atoms with E-state index in [4.69, 9.17) is 4.74 Å². The molecule has 1 aliphatic heterocycles. The number of aromatic nitrogens is 3. The van der Waals surface area contributed by atoms with Gasteiger partial charge in [0.25, 0.3) is 0 Å². The lowest BCUT2D eigenvalue weighted by Gasteiger charge is -2.20. The number of aryl methyl sites for hydroxylation is 1. The van der Waals surface area contributed by atoms with Gasteiger partial charge in [0.15, 0.2) is 0 Å². The molecule has 1 aliphatic carbocycles. The van der Waals surface area contributed by atoms with Gasteiger partial charge in [-0.1, -0.05) is 0 Å². The van der Waals surface area contributed by atoms with Crippen molar-refractivity contribution in [2.75, 3.05) is 11.9 Å². The van der Waals surface area contributed by atoms with Crippen molar-refractivity contribution < 1.29 is 9.53 Å². The predicted octanol–water partition coefficient (Wildman–Crippen LogP) is 2.71. The van der Waals surface area contributed by atoms with Crippen molar-refractivity contribution in [1.82, 2.24) is 20.3 Å². The Morgan fingerprint density at radius 3 is 2.80 bits per heavy atom. The summed E-state index contributed by atoms with van der Waals surface area (Å²) in [6.07, 6.45) is 8.03. The average Bonchev–Trinajstić information content (AvgIpc) is 3.37. The lowest BCUT2D eigenvalue weighted by atomic mass is 10.0. The number of rotatable bonds is 4. The minimum atomic E-state index is -0.246. The van der Waals surface area contributed by atoms with Crippen LogP contribution in [-0.4, -0.2) is 33.6 Å². The number of anilines is 1. The van der Waals surface area contributed by atoms with Gasteiger partial charge >= 0.3 is 6.03 Å². The number of hydrogen-bond donors (Lipinski definition) is 2. The summed E-state index contributed by atoms with van der Waals surface area (Å²) in [5.74, 6) is 1.17. The van der Waals surface area contributed by atoms with Crippen LogP contribution in [0.5, 0.6) is 0 Å². The van der Waals surface area contributed by atoms with Crippen molar-refractivity contribution in [1.29, 1.82) is 0 Å². The molecular formula is C18H21N5O2. The van der Waals surface area contributed by atoms with Crippen LogP contribution in [0.1, 0.15) is 48.4 Å². The normalized spacial score (nSPS) is 22.6. The molecule has 7 heteroatoms. The molecule has 2 amide bonds. The molecule has 25 heavy (non-hydrogen) atoms. The van der Waals surface area contributed by atoms with Gasteiger partial charge in [0.2, 0.25) is 0 Å². The third kappa shape index (κ3) is 3.61. The predicted molar refractivity (Wildman–Crippen MR) is 92.2 cm³/mol. The zero-order valence-corrected chi connectivity index (χ0v) is 14.1. The van der Waals surface area contributed by atoms with Crippen LogP contribution < -0.4 is 10.6 Å². The first kappa shape index (κ1) is 16.0. The molecule has 0 aromatic carbocycles. The largest absolute Gasteiger partial charge is 0.371 e. The minimum Gasteiger partial charge on any atom is -0.371 e. The van der Waals surface area contributed by atoms with Crippen LogP contribution in [0.2, 0.25) is 0 Å². The Kier molecular flexibility index (Phi) is 4.31. The molecular weight excluding hydrogens is 318 g/mol. The van der Waals surface area contributed by atoms with Crippen LogP contribution in [0.3, 0.4) is 0 Å². The van der Waals surface area contributed by atoms with Gasteiger partial charge < -0.3 is 15.4 Å². The van der Waals surface area contributed by atoms with Crippen molar-refractivity contribution in [2.45, 2.75) is 44.2 Å². The molecule has 0 bridgehead atoms. The molecule has 7 nitrogen and oxygen atoms in total. The molecule has 1 saturated carbocycles. The monoisotopic (exact) mass is 339 g/mol. The SMILES string of the molecule is Cc1ncc(NC(=O)N[C@@H]2CCO[C@H]2c2ccncc2)c(C2CC2)n1. The van der Waals surface area contributed by atoms with E-state index in [0.717, 1.165) is 36.3 Å². The smallest absolute Gasteiger partial charge is 0.319 e. The Balaban J connectivity index is 1.44. The number of ether oxygens (including phenoxy) is 1. The molecule has 2 fully saturated rings. The highest BCUT2D eigenvalue weighted by atomic mass is 16.5. The first-order valence-corrected chi connectivity index (χ1v) is 8.63. The maximum atomic E-state index is 12.5. The first-order valence-electron chi connectivity index (χ1n) is 8.63. The molecule has 4 rings (SSSR count). The fraction of sp³-hybridized carbons (Fsp3) is 0.444. The van der Waals surface area contributed by atoms with Crippen molar-refractivity contribution in [3.63, 3.8) is 0 Å². The van der Waals surface area contributed by atoms with E-state index in [1.807, 2.05) is 19.1 Å². The average molecular weight is 339 g/mol. The van der Waals surface area contributed by atoms with Crippen LogP contribution in [0.4, 0.5) is 10.5 Å². The second-order valence-electron chi connectivity index (χ2n) is 6.56. The van der Waals surface area contributed by atoms with Crippen LogP contribution >= 0.6 is 0 Å². The number of pyridine rings is 1. The van der Waals surface area contributed by atoms with E-state index in [9.17, 15) is 4.79 Å². The summed E-state index contributed by atoms with van der Waals surface area (Å²) in [5.41, 5.74) is 2.66. The van der Waals surface area contributed by atoms with Gasteiger partial charge in [0.05, 0.1) is 23.6 Å². The molecule has 1 saturated heterocycles. The van der Waals surface area contributed by atoms with Crippen molar-refractivity contribution in [3.05, 3.63) is 47.8 Å². The van der Waals surface area contributed by atoms with E-state index in [2.05, 4.69) is 25.6 Å². The Hall–Kier alpha value is -2.54. The molecule has 2 aromatic rings. The zero-order valence-electron chi connectivity index (χ0n) is 14.1. The number of carbonyl (C=O) groups is 1. The second-order valence-corrected chi connectivity index (χ2v) is 6.56. The molecule has 130 valence electrons. The van der Waals surface area contributed by atoms with Crippen LogP contribution in [0.15, 0.2) is 30.7 Å². The maximum absolute atomic E-state index is 12.5. The summed E-state index contributed by atoms with van der Waals surface area (Å²) in [4.78, 5) is 25.2. The highest BCUT2D eigenvalue weighted by molar-refractivity contribution is 5.90. The van der Waals surface area contributed by atoms with Gasteiger partial charge in [-0.05, 0) is 43.9 Å². The number of hydrogen-bond acceptors (Lipinski definition) is 5. The Labute approximate surface area is 146 Å². The van der Waals surface area contributed by atoms with Crippen LogP contribution in [0, 0.1) is 6.92 Å². The third-order valence-electron chi connectivity index (χ3n) is 4.59. The molecule has 0 unspecified atom stereocenters. The molecule has 2 N–H and O–H groups in total. The summed E-state index contributed by atoms with van der Waals surface area (Å²) < 4.78 is 5.80. The summed E-state index contributed by atoms with van der Waals surface area (Å²) >= 11 is 0. The lowest BCUT2D eigenvalue weighted by molar-refractivity contribution is 0.100. The van der Waals surface area contributed by atoms with E-state index in [1.54, 1.807) is 18.6 Å². The van der Waals surface area contributed by atoms with Gasteiger partial charge in [-0.15, -0.1) is 0 Å². The molecule has 2 aromatic heterocycles. The highest BCUT2D eigenvalue weighted by Gasteiger charge is 2.32. The van der Waals surface area contributed by atoms with Gasteiger partial charge in [0, 0.05) is 24.9 Å². The van der Waals surface area contributed by atoms with E-state index in [1.165, 1.54) is 0 Å². The van der Waals surface area contributed by atoms with E-state index in [-0.39, 0.29) is 18.2 Å². The standard InChI is InChI=1S/C18H21N5O2/c1-11-20-10-15(16(21-11)12-2-3-12)23-18(24)22-14-6-9-25-17(14)13-4-7-19-8-5-13/h4-5,7-8,10,12,14,17H,2-3,6,9H2,1H3,(H2,22,23,24)/t14-,17+/m1/s1. The molecule has 2 aliphatic rings. The molecule has 0 spiro atoms. The minimum absolute atomic E-state index is 0.0712. The first-order chi connectivity index (χ1) is 12.2. The zero-order chi connectivity index (χ0) is 17.2. The number of carbonyl (C=O) groups excluding carboxylic acids is 1. The van der Waals surface area contributed by atoms with Crippen molar-refractivity contribution >= 4 is 11.7 Å². The van der Waals surface area contributed by atoms with Crippen molar-refractivity contribution in [2.24, 2.45) is 0 Å². The fourth-order valence-corrected chi connectivity index (χ4v) is 3.20. The summed E-state index contributed by atoms with van der Waals surface area (Å²) in [6, 6.07) is 3.52. The fourth-order valence-electron chi connectivity index (χ4n) is 3.20. The number of urea groups is 1. The molecule has 3 heterocycles. The maximum Gasteiger partial charge on any atom is 0.319 e. The van der Waals surface area contributed by atoms with E-state index < -0.39 is 0 Å². The van der Waals surface area contributed by atoms with Crippen LogP contribution in [-0.2, 0) is 4.74 Å². The molecule has 2 atom stereocenters. The Bertz CT molecular complexity index is 763. The van der Waals surface area contributed by atoms with Gasteiger partial charge in [-0.2, -0.15) is 0 Å². The van der Waals surface area contributed by atoms with Gasteiger partial charge in [0.1, 0.15) is 11.9 Å². The topological polar surface area (TPSA) is 89.0 Å². The van der Waals surface area contributed by atoms with Gasteiger partial charge in [-0.3, -0.25) is 4.98 Å². The van der Waals surface area contributed by atoms with Gasteiger partial charge in [-0.25, -0.2) is 14.8 Å². The Morgan fingerprint density at radius 2 is 2.04 bits per heavy atom. The number of nitrogens with zero attached hydrogens (tertiary/aromatic N) is 3. The second kappa shape index (κ2) is 6.76. The van der Waals surface area contributed by atoms with E-state index >= 15 is 0 Å². The third-order valence-corrected chi connectivity index (χ3v) is 4.59. The summed E-state index contributed by atoms with van der Waals surface area (Å²) in [7, 11) is 0. The summed E-state index contributed by atoms with van der Waals surface area (Å²) in [6.45, 7) is 2.49. The lowest BCUT2D eigenvalue weighted by Crippen LogP contribution is -2.39. The van der Waals surface area contributed by atoms with E-state index in [0.29, 0.717) is 18.2 Å². The number of nitrogens with one attached hydrogen (secondary N) is 2. The van der Waals surface area contributed by atoms with Crippen molar-refractivity contribution in [3.8, 4) is 0 Å².